The molecule has 2 aromatic rings. The van der Waals surface area contributed by atoms with Crippen molar-refractivity contribution in [3.05, 3.63) is 48.0 Å². The van der Waals surface area contributed by atoms with Gasteiger partial charge in [0.15, 0.2) is 5.96 Å². The van der Waals surface area contributed by atoms with Gasteiger partial charge in [0.05, 0.1) is 11.4 Å². The number of guanidine groups is 1. The highest BCUT2D eigenvalue weighted by Crippen LogP contribution is 2.09. The van der Waals surface area contributed by atoms with E-state index in [2.05, 4.69) is 20.7 Å². The third-order valence-corrected chi connectivity index (χ3v) is 2.87. The first-order valence-electron chi connectivity index (χ1n) is 6.42. The highest BCUT2D eigenvalue weighted by Gasteiger charge is 2.02. The molecule has 0 spiro atoms. The van der Waals surface area contributed by atoms with Crippen LogP contribution < -0.4 is 10.6 Å². The Morgan fingerprint density at radius 2 is 2.05 bits per heavy atom. The fraction of sp³-hybridized carbons (Fsp3) is 0.286. The van der Waals surface area contributed by atoms with Crippen LogP contribution in [0.3, 0.4) is 0 Å². The number of aliphatic imine (C=N–C) groups is 1. The van der Waals surface area contributed by atoms with Crippen molar-refractivity contribution in [1.82, 2.24) is 20.4 Å². The summed E-state index contributed by atoms with van der Waals surface area (Å²) in [6.07, 6.45) is 2.66. The molecule has 0 aliphatic heterocycles. The Hall–Kier alpha value is -2.37. The van der Waals surface area contributed by atoms with Crippen molar-refractivity contribution in [2.24, 2.45) is 4.99 Å². The monoisotopic (exact) mass is 275 g/mol. The summed E-state index contributed by atoms with van der Waals surface area (Å²) in [6.45, 7) is 0.744. The van der Waals surface area contributed by atoms with E-state index in [0.717, 1.165) is 30.3 Å². The van der Waals surface area contributed by atoms with Crippen molar-refractivity contribution in [3.63, 3.8) is 0 Å². The molecule has 1 aromatic carbocycles. The molecule has 1 aromatic heterocycles. The summed E-state index contributed by atoms with van der Waals surface area (Å²) in [4.78, 5) is 4.03. The van der Waals surface area contributed by atoms with Crippen molar-refractivity contribution < 1.29 is 4.39 Å². The molecule has 0 fully saturated rings. The van der Waals surface area contributed by atoms with Gasteiger partial charge < -0.3 is 10.6 Å². The second-order valence-corrected chi connectivity index (χ2v) is 4.23. The second kappa shape index (κ2) is 6.70. The Bertz CT molecular complexity index is 574. The summed E-state index contributed by atoms with van der Waals surface area (Å²) in [5.74, 6) is 0.506. The molecule has 0 aliphatic rings. The molecule has 6 heteroatoms. The van der Waals surface area contributed by atoms with Crippen LogP contribution in [0.1, 0.15) is 5.69 Å². The minimum Gasteiger partial charge on any atom is -0.359 e. The number of nitrogens with zero attached hydrogens (tertiary/aromatic N) is 3. The van der Waals surface area contributed by atoms with Crippen molar-refractivity contribution in [2.75, 3.05) is 20.6 Å². The van der Waals surface area contributed by atoms with Crippen LogP contribution in [-0.4, -0.2) is 36.4 Å². The first-order chi connectivity index (χ1) is 9.72. The number of hydrogen-bond donors (Lipinski definition) is 2. The van der Waals surface area contributed by atoms with E-state index in [1.165, 1.54) is 12.1 Å². The minimum absolute atomic E-state index is 0.247. The van der Waals surface area contributed by atoms with Crippen LogP contribution in [0.5, 0.6) is 0 Å². The van der Waals surface area contributed by atoms with Gasteiger partial charge in [-0.05, 0) is 30.3 Å². The fourth-order valence-corrected chi connectivity index (χ4v) is 1.82. The molecule has 0 amide bonds. The Morgan fingerprint density at radius 1 is 1.30 bits per heavy atom. The van der Waals surface area contributed by atoms with Gasteiger partial charge in [-0.1, -0.05) is 0 Å². The van der Waals surface area contributed by atoms with Crippen LogP contribution in [0.25, 0.3) is 5.69 Å². The van der Waals surface area contributed by atoms with Gasteiger partial charge in [-0.15, -0.1) is 0 Å². The Kier molecular flexibility index (Phi) is 4.70. The van der Waals surface area contributed by atoms with E-state index in [1.54, 1.807) is 23.9 Å². The summed E-state index contributed by atoms with van der Waals surface area (Å²) >= 11 is 0. The van der Waals surface area contributed by atoms with Gasteiger partial charge in [0, 0.05) is 33.3 Å². The molecule has 0 saturated carbocycles. The maximum Gasteiger partial charge on any atom is 0.190 e. The van der Waals surface area contributed by atoms with Gasteiger partial charge >= 0.3 is 0 Å². The van der Waals surface area contributed by atoms with Crippen molar-refractivity contribution >= 4 is 5.96 Å². The fourth-order valence-electron chi connectivity index (χ4n) is 1.82. The molecule has 2 rings (SSSR count). The molecule has 106 valence electrons. The van der Waals surface area contributed by atoms with E-state index >= 15 is 0 Å². The minimum atomic E-state index is -0.247. The average molecular weight is 275 g/mol. The molecule has 2 N–H and O–H groups in total. The van der Waals surface area contributed by atoms with Crippen LogP contribution in [0, 0.1) is 5.82 Å². The highest BCUT2D eigenvalue weighted by molar-refractivity contribution is 5.79. The Balaban J connectivity index is 1.94. The number of hydrogen-bond acceptors (Lipinski definition) is 2. The highest BCUT2D eigenvalue weighted by atomic mass is 19.1. The lowest BCUT2D eigenvalue weighted by atomic mass is 10.3. The number of benzene rings is 1. The van der Waals surface area contributed by atoms with Crippen molar-refractivity contribution in [3.8, 4) is 5.69 Å². The van der Waals surface area contributed by atoms with Gasteiger partial charge in [-0.3, -0.25) is 4.99 Å². The van der Waals surface area contributed by atoms with Crippen LogP contribution in [0.4, 0.5) is 4.39 Å². The van der Waals surface area contributed by atoms with Crippen LogP contribution in [0.2, 0.25) is 0 Å². The van der Waals surface area contributed by atoms with E-state index in [9.17, 15) is 4.39 Å². The molecule has 20 heavy (non-hydrogen) atoms. The number of rotatable bonds is 4. The van der Waals surface area contributed by atoms with Crippen LogP contribution in [-0.2, 0) is 6.42 Å². The zero-order valence-electron chi connectivity index (χ0n) is 11.6. The quantitative estimate of drug-likeness (QED) is 0.654. The molecule has 5 nitrogen and oxygen atoms in total. The smallest absolute Gasteiger partial charge is 0.190 e. The lowest BCUT2D eigenvalue weighted by Crippen LogP contribution is -2.35. The molecule has 0 unspecified atom stereocenters. The van der Waals surface area contributed by atoms with E-state index in [4.69, 9.17) is 0 Å². The Labute approximate surface area is 117 Å². The van der Waals surface area contributed by atoms with Gasteiger partial charge in [0.1, 0.15) is 5.82 Å². The predicted molar refractivity (Wildman–Crippen MR) is 77.6 cm³/mol. The largest absolute Gasteiger partial charge is 0.359 e. The van der Waals surface area contributed by atoms with Gasteiger partial charge in [0.2, 0.25) is 0 Å². The maximum atomic E-state index is 12.9. The summed E-state index contributed by atoms with van der Waals surface area (Å²) in [5.41, 5.74) is 1.81. The molecular formula is C14H18FN5. The maximum absolute atomic E-state index is 12.9. The summed E-state index contributed by atoms with van der Waals surface area (Å²) in [5, 5.41) is 10.6. The normalized spacial score (nSPS) is 11.4. The molecular weight excluding hydrogens is 257 g/mol. The summed E-state index contributed by atoms with van der Waals surface area (Å²) in [7, 11) is 3.54. The molecule has 0 radical (unpaired) electrons. The molecule has 0 aliphatic carbocycles. The summed E-state index contributed by atoms with van der Waals surface area (Å²) < 4.78 is 14.6. The lowest BCUT2D eigenvalue weighted by molar-refractivity contribution is 0.627. The molecule has 0 saturated heterocycles. The van der Waals surface area contributed by atoms with Crippen molar-refractivity contribution in [1.29, 1.82) is 0 Å². The van der Waals surface area contributed by atoms with E-state index < -0.39 is 0 Å². The molecule has 1 heterocycles. The van der Waals surface area contributed by atoms with Gasteiger partial charge in [0.25, 0.3) is 0 Å². The van der Waals surface area contributed by atoms with E-state index in [1.807, 2.05) is 19.3 Å². The van der Waals surface area contributed by atoms with E-state index in [0.29, 0.717) is 0 Å². The van der Waals surface area contributed by atoms with Gasteiger partial charge in [-0.25, -0.2) is 9.07 Å². The third kappa shape index (κ3) is 3.57. The second-order valence-electron chi connectivity index (χ2n) is 4.23. The zero-order valence-corrected chi connectivity index (χ0v) is 11.6. The summed E-state index contributed by atoms with van der Waals surface area (Å²) in [6, 6.07) is 8.21. The number of aromatic nitrogens is 2. The van der Waals surface area contributed by atoms with Gasteiger partial charge in [-0.2, -0.15) is 5.10 Å². The van der Waals surface area contributed by atoms with Crippen molar-refractivity contribution in [2.45, 2.75) is 6.42 Å². The Morgan fingerprint density at radius 3 is 2.70 bits per heavy atom. The lowest BCUT2D eigenvalue weighted by Gasteiger charge is -2.06. The first-order valence-corrected chi connectivity index (χ1v) is 6.42. The zero-order chi connectivity index (χ0) is 14.4. The number of halogens is 1. The molecule has 0 bridgehead atoms. The standard InChI is InChI=1S/C14H18FN5/c1-16-14(17-2)18-9-7-12-8-10-20(19-12)13-5-3-11(15)4-6-13/h3-6,8,10H,7,9H2,1-2H3,(H2,16,17,18). The number of nitrogens with one attached hydrogen (secondary N) is 2. The SMILES string of the molecule is CN=C(NC)NCCc1ccn(-c2ccc(F)cc2)n1. The predicted octanol–water partition coefficient (Wildman–Crippen LogP) is 1.35. The van der Waals surface area contributed by atoms with Crippen LogP contribution >= 0.6 is 0 Å². The molecule has 0 atom stereocenters. The van der Waals surface area contributed by atoms with E-state index in [-0.39, 0.29) is 5.82 Å². The average Bonchev–Trinajstić information content (AvgIpc) is 2.93. The van der Waals surface area contributed by atoms with Crippen LogP contribution in [0.15, 0.2) is 41.5 Å². The third-order valence-electron chi connectivity index (χ3n) is 2.87. The topological polar surface area (TPSA) is 54.2 Å². The first kappa shape index (κ1) is 14.0.